The SMILES string of the molecule is CC1=CCN(S(=O)(=O)CCC2CCCCN2)CC1. The highest BCUT2D eigenvalue weighted by Crippen LogP contribution is 2.16. The summed E-state index contributed by atoms with van der Waals surface area (Å²) in [5.41, 5.74) is 1.30. The van der Waals surface area contributed by atoms with Crippen molar-refractivity contribution in [2.75, 3.05) is 25.4 Å². The number of hydrogen-bond donors (Lipinski definition) is 1. The van der Waals surface area contributed by atoms with Crippen LogP contribution in [0.4, 0.5) is 0 Å². The minimum absolute atomic E-state index is 0.289. The lowest BCUT2D eigenvalue weighted by Gasteiger charge is -2.27. The van der Waals surface area contributed by atoms with E-state index >= 15 is 0 Å². The van der Waals surface area contributed by atoms with Crippen molar-refractivity contribution in [1.82, 2.24) is 9.62 Å². The van der Waals surface area contributed by atoms with Crippen LogP contribution >= 0.6 is 0 Å². The molecule has 1 saturated heterocycles. The van der Waals surface area contributed by atoms with Gasteiger partial charge in [0.2, 0.25) is 10.0 Å². The summed E-state index contributed by atoms with van der Waals surface area (Å²) in [7, 11) is -3.06. The second kappa shape index (κ2) is 6.17. The highest BCUT2D eigenvalue weighted by molar-refractivity contribution is 7.89. The summed E-state index contributed by atoms with van der Waals surface area (Å²) in [4.78, 5) is 0. The first kappa shape index (κ1) is 14.0. The summed E-state index contributed by atoms with van der Waals surface area (Å²) in [6.45, 7) is 4.32. The number of nitrogens with zero attached hydrogens (tertiary/aromatic N) is 1. The first-order valence-electron chi connectivity index (χ1n) is 6.95. The van der Waals surface area contributed by atoms with Crippen LogP contribution in [-0.2, 0) is 10.0 Å². The van der Waals surface area contributed by atoms with E-state index in [1.165, 1.54) is 18.4 Å². The molecular weight excluding hydrogens is 248 g/mol. The van der Waals surface area contributed by atoms with Gasteiger partial charge in [0.1, 0.15) is 0 Å². The fourth-order valence-corrected chi connectivity index (χ4v) is 4.11. The fraction of sp³-hybridized carbons (Fsp3) is 0.846. The van der Waals surface area contributed by atoms with E-state index in [0.29, 0.717) is 19.1 Å². The number of hydrogen-bond acceptors (Lipinski definition) is 3. The predicted molar refractivity (Wildman–Crippen MR) is 74.0 cm³/mol. The van der Waals surface area contributed by atoms with Crippen molar-refractivity contribution >= 4 is 10.0 Å². The second-order valence-corrected chi connectivity index (χ2v) is 7.50. The van der Waals surface area contributed by atoms with Crippen LogP contribution in [0.25, 0.3) is 0 Å². The van der Waals surface area contributed by atoms with Crippen molar-refractivity contribution in [3.63, 3.8) is 0 Å². The van der Waals surface area contributed by atoms with Gasteiger partial charge in [0.05, 0.1) is 5.75 Å². The van der Waals surface area contributed by atoms with Crippen molar-refractivity contribution in [3.05, 3.63) is 11.6 Å². The van der Waals surface area contributed by atoms with Gasteiger partial charge in [0, 0.05) is 19.1 Å². The van der Waals surface area contributed by atoms with Crippen LogP contribution in [-0.4, -0.2) is 44.2 Å². The van der Waals surface area contributed by atoms with E-state index in [1.807, 2.05) is 6.08 Å². The molecule has 2 rings (SSSR count). The average molecular weight is 272 g/mol. The molecule has 5 heteroatoms. The van der Waals surface area contributed by atoms with Crippen LogP contribution in [0, 0.1) is 0 Å². The number of rotatable bonds is 4. The molecule has 2 heterocycles. The Labute approximate surface area is 110 Å². The smallest absolute Gasteiger partial charge is 0.214 e. The summed E-state index contributed by atoms with van der Waals surface area (Å²) >= 11 is 0. The van der Waals surface area contributed by atoms with Crippen molar-refractivity contribution in [3.8, 4) is 0 Å². The van der Waals surface area contributed by atoms with Gasteiger partial charge in [0.15, 0.2) is 0 Å². The molecule has 1 atom stereocenters. The molecule has 0 aromatic rings. The minimum atomic E-state index is -3.06. The average Bonchev–Trinajstić information content (AvgIpc) is 2.38. The highest BCUT2D eigenvalue weighted by atomic mass is 32.2. The van der Waals surface area contributed by atoms with E-state index in [4.69, 9.17) is 0 Å². The van der Waals surface area contributed by atoms with E-state index in [-0.39, 0.29) is 5.75 Å². The quantitative estimate of drug-likeness (QED) is 0.789. The normalized spacial score (nSPS) is 26.9. The molecule has 2 aliphatic heterocycles. The van der Waals surface area contributed by atoms with Crippen molar-refractivity contribution in [2.45, 2.75) is 45.1 Å². The Balaban J connectivity index is 1.83. The number of nitrogens with one attached hydrogen (secondary N) is 1. The summed E-state index contributed by atoms with van der Waals surface area (Å²) in [6, 6.07) is 0.399. The molecule has 1 unspecified atom stereocenters. The van der Waals surface area contributed by atoms with Crippen LogP contribution in [0.2, 0.25) is 0 Å². The van der Waals surface area contributed by atoms with Crippen molar-refractivity contribution in [1.29, 1.82) is 0 Å². The molecule has 2 aliphatic rings. The molecule has 0 spiro atoms. The summed E-state index contributed by atoms with van der Waals surface area (Å²) < 4.78 is 26.0. The van der Waals surface area contributed by atoms with E-state index < -0.39 is 10.0 Å². The van der Waals surface area contributed by atoms with E-state index in [0.717, 1.165) is 25.8 Å². The van der Waals surface area contributed by atoms with Crippen molar-refractivity contribution in [2.24, 2.45) is 0 Å². The van der Waals surface area contributed by atoms with Gasteiger partial charge in [-0.05, 0) is 39.2 Å². The molecule has 0 bridgehead atoms. The lowest BCUT2D eigenvalue weighted by Crippen LogP contribution is -2.40. The Bertz CT molecular complexity index is 397. The maximum Gasteiger partial charge on any atom is 0.214 e. The van der Waals surface area contributed by atoms with Crippen LogP contribution in [0.15, 0.2) is 11.6 Å². The Kier molecular flexibility index (Phi) is 4.81. The zero-order valence-corrected chi connectivity index (χ0v) is 12.0. The highest BCUT2D eigenvalue weighted by Gasteiger charge is 2.24. The fourth-order valence-electron chi connectivity index (χ4n) is 2.60. The zero-order valence-electron chi connectivity index (χ0n) is 11.2. The third kappa shape index (κ3) is 3.80. The predicted octanol–water partition coefficient (Wildman–Crippen LogP) is 1.50. The van der Waals surface area contributed by atoms with Gasteiger partial charge < -0.3 is 5.32 Å². The lowest BCUT2D eigenvalue weighted by molar-refractivity contribution is 0.385. The van der Waals surface area contributed by atoms with Gasteiger partial charge in [-0.3, -0.25) is 0 Å². The molecule has 4 nitrogen and oxygen atoms in total. The monoisotopic (exact) mass is 272 g/mol. The van der Waals surface area contributed by atoms with Crippen LogP contribution in [0.5, 0.6) is 0 Å². The molecular formula is C13H24N2O2S. The summed E-state index contributed by atoms with van der Waals surface area (Å²) in [5.74, 6) is 0.289. The maximum absolute atomic E-state index is 12.2. The van der Waals surface area contributed by atoms with Gasteiger partial charge in [0.25, 0.3) is 0 Å². The Morgan fingerprint density at radius 2 is 2.28 bits per heavy atom. The van der Waals surface area contributed by atoms with Crippen LogP contribution in [0.3, 0.4) is 0 Å². The maximum atomic E-state index is 12.2. The molecule has 1 N–H and O–H groups in total. The largest absolute Gasteiger partial charge is 0.314 e. The Morgan fingerprint density at radius 1 is 1.44 bits per heavy atom. The van der Waals surface area contributed by atoms with E-state index in [9.17, 15) is 8.42 Å². The topological polar surface area (TPSA) is 49.4 Å². The molecule has 18 heavy (non-hydrogen) atoms. The third-order valence-corrected chi connectivity index (χ3v) is 5.80. The summed E-state index contributed by atoms with van der Waals surface area (Å²) in [5, 5.41) is 3.41. The van der Waals surface area contributed by atoms with Gasteiger partial charge >= 0.3 is 0 Å². The molecule has 0 aromatic heterocycles. The first-order valence-corrected chi connectivity index (χ1v) is 8.56. The molecule has 0 aromatic carbocycles. The molecule has 0 radical (unpaired) electrons. The molecule has 104 valence electrons. The Hall–Kier alpha value is -0.390. The molecule has 0 aliphatic carbocycles. The minimum Gasteiger partial charge on any atom is -0.314 e. The molecule has 0 amide bonds. The lowest BCUT2D eigenvalue weighted by atomic mass is 10.0. The number of piperidine rings is 1. The molecule has 0 saturated carbocycles. The summed E-state index contributed by atoms with van der Waals surface area (Å²) in [6.07, 6.45) is 7.22. The van der Waals surface area contributed by atoms with Crippen LogP contribution < -0.4 is 5.32 Å². The van der Waals surface area contributed by atoms with Crippen LogP contribution in [0.1, 0.15) is 39.0 Å². The second-order valence-electron chi connectivity index (χ2n) is 5.41. The van der Waals surface area contributed by atoms with E-state index in [2.05, 4.69) is 12.2 Å². The van der Waals surface area contributed by atoms with Gasteiger partial charge in [-0.15, -0.1) is 0 Å². The first-order chi connectivity index (χ1) is 8.58. The van der Waals surface area contributed by atoms with Gasteiger partial charge in [-0.2, -0.15) is 4.31 Å². The zero-order chi connectivity index (χ0) is 13.0. The number of sulfonamides is 1. The van der Waals surface area contributed by atoms with Gasteiger partial charge in [-0.25, -0.2) is 8.42 Å². The standard InChI is InChI=1S/C13H24N2O2S/c1-12-5-9-15(10-6-12)18(16,17)11-7-13-4-2-3-8-14-13/h5,13-14H,2-4,6-11H2,1H3. The van der Waals surface area contributed by atoms with Gasteiger partial charge in [-0.1, -0.05) is 18.1 Å². The Morgan fingerprint density at radius 3 is 2.89 bits per heavy atom. The van der Waals surface area contributed by atoms with Crippen molar-refractivity contribution < 1.29 is 8.42 Å². The molecule has 1 fully saturated rings. The third-order valence-electron chi connectivity index (χ3n) is 3.93. The van der Waals surface area contributed by atoms with E-state index in [1.54, 1.807) is 4.31 Å².